The van der Waals surface area contributed by atoms with Gasteiger partial charge in [-0.3, -0.25) is 4.21 Å². The first-order chi connectivity index (χ1) is 11.1. The van der Waals surface area contributed by atoms with E-state index in [9.17, 15) is 8.60 Å². The van der Waals surface area contributed by atoms with Crippen LogP contribution in [0.15, 0.2) is 59.2 Å². The van der Waals surface area contributed by atoms with Gasteiger partial charge in [0, 0.05) is 27.1 Å². The normalized spacial score (nSPS) is 12.3. The summed E-state index contributed by atoms with van der Waals surface area (Å²) >= 11 is 5.94. The van der Waals surface area contributed by atoms with E-state index in [-0.39, 0.29) is 17.3 Å². The quantitative estimate of drug-likeness (QED) is 0.677. The van der Waals surface area contributed by atoms with Gasteiger partial charge in [-0.1, -0.05) is 29.8 Å². The van der Waals surface area contributed by atoms with Crippen LogP contribution < -0.4 is 0 Å². The Morgan fingerprint density at radius 2 is 1.96 bits per heavy atom. The molecule has 0 amide bonds. The lowest BCUT2D eigenvalue weighted by atomic mass is 10.2. The van der Waals surface area contributed by atoms with E-state index < -0.39 is 10.8 Å². The second kappa shape index (κ2) is 7.06. The average molecular weight is 350 g/mol. The highest BCUT2D eigenvalue weighted by molar-refractivity contribution is 7.83. The number of halogens is 2. The van der Waals surface area contributed by atoms with Crippen molar-refractivity contribution in [3.8, 4) is 11.5 Å². The first kappa shape index (κ1) is 15.9. The van der Waals surface area contributed by atoms with Crippen LogP contribution in [0.1, 0.15) is 11.3 Å². The Morgan fingerprint density at radius 3 is 2.74 bits per heavy atom. The van der Waals surface area contributed by atoms with Crippen molar-refractivity contribution in [2.24, 2.45) is 0 Å². The molecule has 3 aromatic rings. The molecule has 0 radical (unpaired) electrons. The van der Waals surface area contributed by atoms with Crippen LogP contribution in [-0.4, -0.2) is 9.19 Å². The monoisotopic (exact) mass is 349 g/mol. The molecule has 118 valence electrons. The largest absolute Gasteiger partial charge is 0.444 e. The van der Waals surface area contributed by atoms with Crippen molar-refractivity contribution in [2.45, 2.75) is 11.5 Å². The van der Waals surface area contributed by atoms with Crippen molar-refractivity contribution in [3.05, 3.63) is 76.9 Å². The molecule has 1 aromatic heterocycles. The molecule has 3 rings (SSSR count). The Hall–Kier alpha value is -1.98. The summed E-state index contributed by atoms with van der Waals surface area (Å²) in [6.07, 6.45) is 1.49. The molecule has 0 bridgehead atoms. The third kappa shape index (κ3) is 4.27. The Bertz CT molecular complexity index is 850. The molecule has 0 N–H and O–H groups in total. The number of hydrogen-bond donors (Lipinski definition) is 0. The molecule has 0 aliphatic rings. The van der Waals surface area contributed by atoms with Crippen molar-refractivity contribution in [3.63, 3.8) is 0 Å². The van der Waals surface area contributed by atoms with Crippen LogP contribution in [0.4, 0.5) is 4.39 Å². The van der Waals surface area contributed by atoms with Gasteiger partial charge in [0.1, 0.15) is 12.1 Å². The van der Waals surface area contributed by atoms with E-state index >= 15 is 0 Å². The van der Waals surface area contributed by atoms with Gasteiger partial charge < -0.3 is 4.42 Å². The summed E-state index contributed by atoms with van der Waals surface area (Å²) in [5.41, 5.74) is 2.05. The Kier molecular flexibility index (Phi) is 4.88. The second-order valence-corrected chi connectivity index (χ2v) is 6.91. The van der Waals surface area contributed by atoms with Crippen molar-refractivity contribution in [2.75, 3.05) is 0 Å². The maximum absolute atomic E-state index is 13.1. The summed E-state index contributed by atoms with van der Waals surface area (Å²) in [5, 5.41) is 0.594. The number of rotatable bonds is 5. The smallest absolute Gasteiger partial charge is 0.226 e. The third-order valence-electron chi connectivity index (χ3n) is 3.15. The molecule has 0 aliphatic heterocycles. The number of aromatic nitrogens is 1. The molecule has 0 saturated carbocycles. The zero-order valence-corrected chi connectivity index (χ0v) is 13.6. The summed E-state index contributed by atoms with van der Waals surface area (Å²) in [4.78, 5) is 4.33. The van der Waals surface area contributed by atoms with E-state index in [1.54, 1.807) is 24.3 Å². The Morgan fingerprint density at radius 1 is 1.13 bits per heavy atom. The lowest BCUT2D eigenvalue weighted by Gasteiger charge is -2.00. The highest BCUT2D eigenvalue weighted by Gasteiger charge is 2.11. The van der Waals surface area contributed by atoms with E-state index in [1.165, 1.54) is 18.4 Å². The van der Waals surface area contributed by atoms with Gasteiger partial charge in [-0.2, -0.15) is 0 Å². The van der Waals surface area contributed by atoms with Gasteiger partial charge in [-0.05, 0) is 35.9 Å². The van der Waals surface area contributed by atoms with Crippen LogP contribution in [0.2, 0.25) is 5.02 Å². The van der Waals surface area contributed by atoms with Crippen LogP contribution in [0, 0.1) is 5.82 Å². The Labute approximate surface area is 140 Å². The van der Waals surface area contributed by atoms with Gasteiger partial charge in [0.15, 0.2) is 0 Å². The van der Waals surface area contributed by atoms with Gasteiger partial charge >= 0.3 is 0 Å². The SMILES string of the molecule is O=S(Cc1cccc(F)c1)Cc1coc(-c2cccc(Cl)c2)n1. The highest BCUT2D eigenvalue weighted by Crippen LogP contribution is 2.22. The van der Waals surface area contributed by atoms with E-state index in [2.05, 4.69) is 4.98 Å². The molecule has 2 aromatic carbocycles. The topological polar surface area (TPSA) is 43.1 Å². The minimum atomic E-state index is -1.19. The van der Waals surface area contributed by atoms with Gasteiger partial charge in [-0.25, -0.2) is 9.37 Å². The molecule has 1 atom stereocenters. The molecule has 0 fully saturated rings. The van der Waals surface area contributed by atoms with Gasteiger partial charge in [0.05, 0.1) is 11.4 Å². The van der Waals surface area contributed by atoms with Crippen LogP contribution >= 0.6 is 11.6 Å². The maximum atomic E-state index is 13.1. The number of benzene rings is 2. The fourth-order valence-electron chi connectivity index (χ4n) is 2.16. The minimum Gasteiger partial charge on any atom is -0.444 e. The second-order valence-electron chi connectivity index (χ2n) is 5.01. The summed E-state index contributed by atoms with van der Waals surface area (Å²) in [5.74, 6) is 0.631. The standard InChI is InChI=1S/C17H13ClFNO2S/c18-14-5-2-4-13(8-14)17-20-16(9-22-17)11-23(21)10-12-3-1-6-15(19)7-12/h1-9H,10-11H2. The van der Waals surface area contributed by atoms with E-state index in [0.717, 1.165) is 5.56 Å². The van der Waals surface area contributed by atoms with Crippen LogP contribution in [0.5, 0.6) is 0 Å². The fourth-order valence-corrected chi connectivity index (χ4v) is 3.46. The zero-order chi connectivity index (χ0) is 16.2. The predicted octanol–water partition coefficient (Wildman–Crippen LogP) is 4.58. The molecular weight excluding hydrogens is 337 g/mol. The molecule has 3 nitrogen and oxygen atoms in total. The third-order valence-corrected chi connectivity index (χ3v) is 4.66. The van der Waals surface area contributed by atoms with Gasteiger partial charge in [0.2, 0.25) is 5.89 Å². The maximum Gasteiger partial charge on any atom is 0.226 e. The molecule has 1 heterocycles. The summed E-state index contributed by atoms with van der Waals surface area (Å²) in [6.45, 7) is 0. The summed E-state index contributed by atoms with van der Waals surface area (Å²) < 4.78 is 30.7. The summed E-state index contributed by atoms with van der Waals surface area (Å²) in [7, 11) is -1.19. The van der Waals surface area contributed by atoms with Crippen LogP contribution in [-0.2, 0) is 22.3 Å². The van der Waals surface area contributed by atoms with E-state index in [0.29, 0.717) is 22.2 Å². The molecule has 23 heavy (non-hydrogen) atoms. The molecule has 0 aliphatic carbocycles. The lowest BCUT2D eigenvalue weighted by Crippen LogP contribution is -2.00. The van der Waals surface area contributed by atoms with Crippen molar-refractivity contribution in [1.82, 2.24) is 4.98 Å². The van der Waals surface area contributed by atoms with E-state index in [1.807, 2.05) is 12.1 Å². The first-order valence-corrected chi connectivity index (χ1v) is 8.76. The lowest BCUT2D eigenvalue weighted by molar-refractivity contribution is 0.573. The van der Waals surface area contributed by atoms with Crippen LogP contribution in [0.3, 0.4) is 0 Å². The Balaban J connectivity index is 1.68. The molecular formula is C17H13ClFNO2S. The number of nitrogens with zero attached hydrogens (tertiary/aromatic N) is 1. The highest BCUT2D eigenvalue weighted by atomic mass is 35.5. The number of hydrogen-bond acceptors (Lipinski definition) is 3. The predicted molar refractivity (Wildman–Crippen MR) is 88.9 cm³/mol. The van der Waals surface area contributed by atoms with Crippen LogP contribution in [0.25, 0.3) is 11.5 Å². The van der Waals surface area contributed by atoms with Crippen molar-refractivity contribution >= 4 is 22.4 Å². The first-order valence-electron chi connectivity index (χ1n) is 6.90. The minimum absolute atomic E-state index is 0.251. The van der Waals surface area contributed by atoms with Gasteiger partial charge in [0.25, 0.3) is 0 Å². The molecule has 6 heteroatoms. The molecule has 0 spiro atoms. The van der Waals surface area contributed by atoms with Gasteiger partial charge in [-0.15, -0.1) is 0 Å². The average Bonchev–Trinajstić information content (AvgIpc) is 2.95. The van der Waals surface area contributed by atoms with Crippen molar-refractivity contribution in [1.29, 1.82) is 0 Å². The van der Waals surface area contributed by atoms with E-state index in [4.69, 9.17) is 16.0 Å². The van der Waals surface area contributed by atoms with Crippen molar-refractivity contribution < 1.29 is 13.0 Å². The molecule has 0 saturated heterocycles. The number of oxazole rings is 1. The zero-order valence-electron chi connectivity index (χ0n) is 12.0. The summed E-state index contributed by atoms with van der Waals surface area (Å²) in [6, 6.07) is 13.3. The fraction of sp³-hybridized carbons (Fsp3) is 0.118. The molecule has 1 unspecified atom stereocenters.